The molecule has 0 aromatic heterocycles. The van der Waals surface area contributed by atoms with Crippen LogP contribution in [0.15, 0.2) is 11.6 Å². The van der Waals surface area contributed by atoms with Crippen molar-refractivity contribution < 1.29 is 9.90 Å². The molecule has 3 rings (SSSR count). The molecule has 0 aromatic carbocycles. The molecule has 4 atom stereocenters. The quantitative estimate of drug-likeness (QED) is 0.710. The van der Waals surface area contributed by atoms with Crippen LogP contribution >= 0.6 is 0 Å². The lowest BCUT2D eigenvalue weighted by molar-refractivity contribution is -0.132. The molecule has 2 bridgehead atoms. The topological polar surface area (TPSA) is 49.3 Å². The number of carbonyl (C=O) groups is 1. The summed E-state index contributed by atoms with van der Waals surface area (Å²) in [6.07, 6.45) is 6.14. The second-order valence-electron chi connectivity index (χ2n) is 5.61. The van der Waals surface area contributed by atoms with E-state index in [4.69, 9.17) is 5.11 Å². The van der Waals surface area contributed by atoms with Gasteiger partial charge in [-0.3, -0.25) is 0 Å². The number of aliphatic carboxylic acids is 1. The summed E-state index contributed by atoms with van der Waals surface area (Å²) in [7, 11) is 0. The molecule has 3 saturated carbocycles. The molecule has 0 aromatic rings. The van der Waals surface area contributed by atoms with Gasteiger partial charge in [0.25, 0.3) is 0 Å². The molecule has 0 radical (unpaired) electrons. The molecule has 88 valence electrons. The van der Waals surface area contributed by atoms with Crippen molar-refractivity contribution in [2.24, 2.45) is 23.7 Å². The molecule has 3 nitrogen and oxygen atoms in total. The van der Waals surface area contributed by atoms with E-state index >= 15 is 0 Å². The van der Waals surface area contributed by atoms with Crippen molar-refractivity contribution >= 4 is 5.97 Å². The summed E-state index contributed by atoms with van der Waals surface area (Å²) < 4.78 is 0. The molecule has 4 unspecified atom stereocenters. The molecule has 0 heterocycles. The van der Waals surface area contributed by atoms with Crippen LogP contribution in [0, 0.1) is 23.7 Å². The second-order valence-corrected chi connectivity index (χ2v) is 5.61. The zero-order valence-corrected chi connectivity index (χ0v) is 9.65. The summed E-state index contributed by atoms with van der Waals surface area (Å²) in [6, 6.07) is 0.698. The third-order valence-electron chi connectivity index (χ3n) is 4.83. The molecule has 0 saturated heterocycles. The van der Waals surface area contributed by atoms with Gasteiger partial charge in [-0.25, -0.2) is 4.79 Å². The smallest absolute Gasteiger partial charge is 0.330 e. The first kappa shape index (κ1) is 10.3. The molecule has 16 heavy (non-hydrogen) atoms. The number of carboxylic acids is 1. The predicted molar refractivity (Wildman–Crippen MR) is 61.0 cm³/mol. The number of fused-ring (bicyclic) bond motifs is 5. The van der Waals surface area contributed by atoms with Crippen LogP contribution in [-0.2, 0) is 4.79 Å². The van der Waals surface area contributed by atoms with E-state index in [9.17, 15) is 4.79 Å². The monoisotopic (exact) mass is 221 g/mol. The van der Waals surface area contributed by atoms with Gasteiger partial charge in [0.05, 0.1) is 0 Å². The Morgan fingerprint density at radius 1 is 1.38 bits per heavy atom. The molecule has 2 N–H and O–H groups in total. The van der Waals surface area contributed by atoms with Crippen molar-refractivity contribution in [1.29, 1.82) is 0 Å². The van der Waals surface area contributed by atoms with E-state index in [-0.39, 0.29) is 0 Å². The van der Waals surface area contributed by atoms with Crippen LogP contribution < -0.4 is 5.32 Å². The molecule has 3 heteroatoms. The maximum absolute atomic E-state index is 10.6. The van der Waals surface area contributed by atoms with Gasteiger partial charge < -0.3 is 10.4 Å². The van der Waals surface area contributed by atoms with Crippen LogP contribution in [-0.4, -0.2) is 23.7 Å². The summed E-state index contributed by atoms with van der Waals surface area (Å²) in [6.45, 7) is 2.37. The predicted octanol–water partition coefficient (Wildman–Crippen LogP) is 1.65. The number of rotatable bonds is 4. The van der Waals surface area contributed by atoms with Crippen molar-refractivity contribution in [1.82, 2.24) is 5.32 Å². The van der Waals surface area contributed by atoms with Gasteiger partial charge in [0.2, 0.25) is 0 Å². The average molecular weight is 221 g/mol. The zero-order chi connectivity index (χ0) is 11.3. The Hall–Kier alpha value is -0.830. The molecule has 3 fully saturated rings. The molecule has 0 aliphatic heterocycles. The van der Waals surface area contributed by atoms with Crippen LogP contribution in [0.3, 0.4) is 0 Å². The van der Waals surface area contributed by atoms with Crippen molar-refractivity contribution in [2.45, 2.75) is 32.2 Å². The summed E-state index contributed by atoms with van der Waals surface area (Å²) in [4.78, 5) is 10.6. The summed E-state index contributed by atoms with van der Waals surface area (Å²) in [5.74, 6) is 3.02. The molecule has 3 aliphatic carbocycles. The third-order valence-corrected chi connectivity index (χ3v) is 4.83. The number of carboxylic acid groups (broad SMARTS) is 1. The highest BCUT2D eigenvalue weighted by Crippen LogP contribution is 2.65. The fourth-order valence-corrected chi connectivity index (χ4v) is 4.03. The van der Waals surface area contributed by atoms with Gasteiger partial charge in [-0.2, -0.15) is 0 Å². The Balaban J connectivity index is 1.49. The first-order valence-electron chi connectivity index (χ1n) is 6.32. The lowest BCUT2D eigenvalue weighted by atomic mass is 10.0. The van der Waals surface area contributed by atoms with Crippen LogP contribution in [0.5, 0.6) is 0 Å². The number of hydrogen-bond acceptors (Lipinski definition) is 2. The third kappa shape index (κ3) is 1.49. The van der Waals surface area contributed by atoms with Gasteiger partial charge in [0.1, 0.15) is 0 Å². The lowest BCUT2D eigenvalue weighted by Crippen LogP contribution is -2.23. The molecule has 0 amide bonds. The van der Waals surface area contributed by atoms with E-state index in [1.807, 2.05) is 0 Å². The van der Waals surface area contributed by atoms with Crippen LogP contribution in [0.1, 0.15) is 26.2 Å². The summed E-state index contributed by atoms with van der Waals surface area (Å²) in [5.41, 5.74) is 0.446. The standard InChI is InChI=1S/C13H19NO2/c1-7(13(15)16)4-5-14-12-10-8-2-3-9(6-8)11(10)12/h4,8-12,14H,2-3,5-6H2,1H3,(H,15,16). The normalized spacial score (nSPS) is 44.6. The van der Waals surface area contributed by atoms with Gasteiger partial charge in [-0.05, 0) is 49.9 Å². The Labute approximate surface area is 95.9 Å². The van der Waals surface area contributed by atoms with E-state index in [2.05, 4.69) is 5.32 Å². The lowest BCUT2D eigenvalue weighted by Gasteiger charge is -2.08. The highest BCUT2D eigenvalue weighted by Gasteiger charge is 2.64. The highest BCUT2D eigenvalue weighted by atomic mass is 16.4. The van der Waals surface area contributed by atoms with Gasteiger partial charge in [-0.1, -0.05) is 6.08 Å². The molecular formula is C13H19NO2. The minimum absolute atomic E-state index is 0.446. The van der Waals surface area contributed by atoms with Crippen LogP contribution in [0.25, 0.3) is 0 Å². The van der Waals surface area contributed by atoms with Crippen molar-refractivity contribution in [3.8, 4) is 0 Å². The minimum Gasteiger partial charge on any atom is -0.478 e. The molecule has 0 spiro atoms. The van der Waals surface area contributed by atoms with Gasteiger partial charge in [0.15, 0.2) is 0 Å². The SMILES string of the molecule is CC(=CCNC1C2C3CCC(C3)C12)C(=O)O. The van der Waals surface area contributed by atoms with Gasteiger partial charge >= 0.3 is 5.97 Å². The Bertz CT molecular complexity index is 334. The highest BCUT2D eigenvalue weighted by molar-refractivity contribution is 5.85. The van der Waals surface area contributed by atoms with E-state index in [0.717, 1.165) is 30.2 Å². The van der Waals surface area contributed by atoms with Gasteiger partial charge in [-0.15, -0.1) is 0 Å². The first-order valence-corrected chi connectivity index (χ1v) is 6.32. The van der Waals surface area contributed by atoms with E-state index < -0.39 is 5.97 Å². The Morgan fingerprint density at radius 3 is 2.56 bits per heavy atom. The Kier molecular flexibility index (Phi) is 2.32. The van der Waals surface area contributed by atoms with Crippen LogP contribution in [0.4, 0.5) is 0 Å². The minimum atomic E-state index is -0.808. The maximum Gasteiger partial charge on any atom is 0.330 e. The second kappa shape index (κ2) is 3.59. The fraction of sp³-hybridized carbons (Fsp3) is 0.769. The van der Waals surface area contributed by atoms with E-state index in [1.165, 1.54) is 19.3 Å². The first-order chi connectivity index (χ1) is 7.68. The summed E-state index contributed by atoms with van der Waals surface area (Å²) >= 11 is 0. The van der Waals surface area contributed by atoms with Gasteiger partial charge in [0, 0.05) is 18.2 Å². The van der Waals surface area contributed by atoms with E-state index in [1.54, 1.807) is 13.0 Å². The van der Waals surface area contributed by atoms with E-state index in [0.29, 0.717) is 11.6 Å². The largest absolute Gasteiger partial charge is 0.478 e. The number of nitrogens with one attached hydrogen (secondary N) is 1. The summed E-state index contributed by atoms with van der Waals surface area (Å²) in [5, 5.41) is 12.2. The van der Waals surface area contributed by atoms with Crippen molar-refractivity contribution in [3.63, 3.8) is 0 Å². The van der Waals surface area contributed by atoms with Crippen molar-refractivity contribution in [2.75, 3.05) is 6.54 Å². The number of hydrogen-bond donors (Lipinski definition) is 2. The molecular weight excluding hydrogens is 202 g/mol. The maximum atomic E-state index is 10.6. The Morgan fingerprint density at radius 2 is 2.00 bits per heavy atom. The van der Waals surface area contributed by atoms with Crippen LogP contribution in [0.2, 0.25) is 0 Å². The molecule has 3 aliphatic rings. The zero-order valence-electron chi connectivity index (χ0n) is 9.65. The fourth-order valence-electron chi connectivity index (χ4n) is 4.03. The van der Waals surface area contributed by atoms with Crippen molar-refractivity contribution in [3.05, 3.63) is 11.6 Å². The average Bonchev–Trinajstić information content (AvgIpc) is 2.68.